The van der Waals surface area contributed by atoms with Crippen LogP contribution in [0.3, 0.4) is 0 Å². The molecule has 0 radical (unpaired) electrons. The number of thiazole rings is 1. The van der Waals surface area contributed by atoms with E-state index in [4.69, 9.17) is 16.9 Å². The summed E-state index contributed by atoms with van der Waals surface area (Å²) in [6.45, 7) is 3.53. The largest absolute Gasteiger partial charge is 0.353 e. The van der Waals surface area contributed by atoms with Crippen molar-refractivity contribution in [3.63, 3.8) is 0 Å². The molecule has 1 aliphatic carbocycles. The molecule has 0 saturated heterocycles. The molecule has 2 unspecified atom stereocenters. The minimum atomic E-state index is -0.793. The Bertz CT molecular complexity index is 1090. The fourth-order valence-electron chi connectivity index (χ4n) is 4.29. The molecule has 3 N–H and O–H groups in total. The summed E-state index contributed by atoms with van der Waals surface area (Å²) in [4.78, 5) is 42.5. The van der Waals surface area contributed by atoms with Gasteiger partial charge in [-0.25, -0.2) is 4.98 Å². The molecule has 1 aromatic heterocycles. The van der Waals surface area contributed by atoms with Crippen LogP contribution in [-0.4, -0.2) is 41.3 Å². The van der Waals surface area contributed by atoms with Gasteiger partial charge in [-0.15, -0.1) is 11.3 Å². The van der Waals surface area contributed by atoms with E-state index in [1.165, 1.54) is 11.3 Å². The number of aromatic nitrogens is 1. The summed E-state index contributed by atoms with van der Waals surface area (Å²) in [7, 11) is 0. The van der Waals surface area contributed by atoms with Crippen LogP contribution in [-0.2, 0) is 20.8 Å². The molecule has 1 aromatic carbocycles. The topological polar surface area (TPSA) is 124 Å². The van der Waals surface area contributed by atoms with E-state index < -0.39 is 12.0 Å². The zero-order chi connectivity index (χ0) is 25.4. The summed E-state index contributed by atoms with van der Waals surface area (Å²) in [6, 6.07) is 6.30. The number of fused-ring (bicyclic) bond motifs is 1. The Morgan fingerprint density at radius 1 is 1.20 bits per heavy atom. The van der Waals surface area contributed by atoms with E-state index in [9.17, 15) is 14.4 Å². The molecular weight excluding hydrogens is 486 g/mol. The van der Waals surface area contributed by atoms with E-state index in [1.54, 1.807) is 19.9 Å². The number of benzene rings is 1. The average molecular weight is 518 g/mol. The number of halogens is 1. The van der Waals surface area contributed by atoms with Crippen molar-refractivity contribution in [3.05, 3.63) is 28.2 Å². The fraction of sp³-hybridized carbons (Fsp3) is 0.560. The number of carbonyl (C=O) groups is 3. The lowest BCUT2D eigenvalue weighted by Crippen LogP contribution is -2.55. The Labute approximate surface area is 214 Å². The summed E-state index contributed by atoms with van der Waals surface area (Å²) >= 11 is 7.54. The molecule has 2 aromatic rings. The van der Waals surface area contributed by atoms with Gasteiger partial charge in [0.15, 0.2) is 0 Å². The standard InChI is InChI=1S/C25H32ClN5O3S/c1-3-22(32)29-19(12-23-30-18-10-9-17(26)11-21(18)35-23)25(34)31-20(16-7-5-4-6-8-16)14-28-24(33)15(2)13-27/h9-11,15-16,19-20H,3-8,12,14H2,1-2H3,(H,28,33)(H,29,32)(H,31,34)/t15?,19-,20?/m0/s1. The van der Waals surface area contributed by atoms with Gasteiger partial charge in [0.25, 0.3) is 0 Å². The van der Waals surface area contributed by atoms with Crippen molar-refractivity contribution in [3.8, 4) is 6.07 Å². The van der Waals surface area contributed by atoms with Crippen molar-refractivity contribution in [1.29, 1.82) is 5.26 Å². The molecule has 3 amide bonds. The van der Waals surface area contributed by atoms with Crippen LogP contribution in [0.2, 0.25) is 5.02 Å². The first-order chi connectivity index (χ1) is 16.8. The molecule has 188 valence electrons. The van der Waals surface area contributed by atoms with Crippen molar-refractivity contribution < 1.29 is 14.4 Å². The SMILES string of the molecule is CCC(=O)N[C@@H](Cc1nc2ccc(Cl)cc2s1)C(=O)NC(CNC(=O)C(C)C#N)C1CCCCC1. The summed E-state index contributed by atoms with van der Waals surface area (Å²) in [5, 5.41) is 19.1. The van der Waals surface area contributed by atoms with Crippen LogP contribution in [0.15, 0.2) is 18.2 Å². The van der Waals surface area contributed by atoms with Crippen molar-refractivity contribution in [2.24, 2.45) is 11.8 Å². The molecule has 3 atom stereocenters. The van der Waals surface area contributed by atoms with Gasteiger partial charge < -0.3 is 16.0 Å². The molecule has 10 heteroatoms. The second-order valence-electron chi connectivity index (χ2n) is 9.01. The van der Waals surface area contributed by atoms with E-state index in [1.807, 2.05) is 18.2 Å². The number of hydrogen-bond acceptors (Lipinski definition) is 6. The Morgan fingerprint density at radius 2 is 1.94 bits per heavy atom. The number of rotatable bonds is 10. The van der Waals surface area contributed by atoms with Crippen LogP contribution in [0.5, 0.6) is 0 Å². The molecule has 3 rings (SSSR count). The smallest absolute Gasteiger partial charge is 0.243 e. The van der Waals surface area contributed by atoms with Crippen LogP contribution < -0.4 is 16.0 Å². The van der Waals surface area contributed by atoms with E-state index in [2.05, 4.69) is 20.9 Å². The molecule has 35 heavy (non-hydrogen) atoms. The van der Waals surface area contributed by atoms with E-state index >= 15 is 0 Å². The second-order valence-corrected chi connectivity index (χ2v) is 10.6. The highest BCUT2D eigenvalue weighted by Gasteiger charge is 2.30. The van der Waals surface area contributed by atoms with Gasteiger partial charge in [-0.3, -0.25) is 14.4 Å². The quantitative estimate of drug-likeness (QED) is 0.443. The number of nitrogens with one attached hydrogen (secondary N) is 3. The van der Waals surface area contributed by atoms with Crippen LogP contribution >= 0.6 is 22.9 Å². The predicted octanol–water partition coefficient (Wildman–Crippen LogP) is 3.73. The Hall–Kier alpha value is -2.70. The summed E-state index contributed by atoms with van der Waals surface area (Å²) < 4.78 is 0.919. The molecule has 0 spiro atoms. The van der Waals surface area contributed by atoms with Gasteiger partial charge in [0.05, 0.1) is 21.3 Å². The third-order valence-electron chi connectivity index (χ3n) is 6.38. The van der Waals surface area contributed by atoms with Gasteiger partial charge in [0, 0.05) is 30.5 Å². The van der Waals surface area contributed by atoms with Crippen LogP contribution in [0.4, 0.5) is 0 Å². The number of hydrogen-bond donors (Lipinski definition) is 3. The summed E-state index contributed by atoms with van der Waals surface area (Å²) in [6.07, 6.45) is 5.73. The Morgan fingerprint density at radius 3 is 2.63 bits per heavy atom. The normalized spacial score (nSPS) is 16.6. The van der Waals surface area contributed by atoms with Gasteiger partial charge in [-0.1, -0.05) is 37.8 Å². The Balaban J connectivity index is 1.76. The minimum Gasteiger partial charge on any atom is -0.353 e. The molecule has 0 bridgehead atoms. The third kappa shape index (κ3) is 7.64. The number of nitriles is 1. The number of nitrogens with zero attached hydrogens (tertiary/aromatic N) is 2. The van der Waals surface area contributed by atoms with Crippen LogP contribution in [0.1, 0.15) is 57.4 Å². The maximum atomic E-state index is 13.4. The lowest BCUT2D eigenvalue weighted by atomic mass is 9.83. The Kier molecular flexibility index (Phi) is 9.87. The minimum absolute atomic E-state index is 0.220. The van der Waals surface area contributed by atoms with Crippen molar-refractivity contribution in [1.82, 2.24) is 20.9 Å². The monoisotopic (exact) mass is 517 g/mol. The summed E-state index contributed by atoms with van der Waals surface area (Å²) in [5.74, 6) is -1.42. The van der Waals surface area contributed by atoms with E-state index in [-0.39, 0.29) is 49.1 Å². The maximum absolute atomic E-state index is 13.4. The molecule has 0 aliphatic heterocycles. The van der Waals surface area contributed by atoms with Crippen molar-refractivity contribution >= 4 is 50.9 Å². The van der Waals surface area contributed by atoms with E-state index in [0.29, 0.717) is 5.02 Å². The van der Waals surface area contributed by atoms with Gasteiger partial charge in [-0.2, -0.15) is 5.26 Å². The second kappa shape index (κ2) is 12.8. The zero-order valence-electron chi connectivity index (χ0n) is 20.1. The van der Waals surface area contributed by atoms with Crippen LogP contribution in [0, 0.1) is 23.2 Å². The summed E-state index contributed by atoms with van der Waals surface area (Å²) in [5.41, 5.74) is 0.796. The molecular formula is C25H32ClN5O3S. The average Bonchev–Trinajstić information content (AvgIpc) is 3.26. The van der Waals surface area contributed by atoms with Gasteiger partial charge in [0.2, 0.25) is 17.7 Å². The lowest BCUT2D eigenvalue weighted by molar-refractivity contribution is -0.129. The first-order valence-corrected chi connectivity index (χ1v) is 13.3. The number of carbonyl (C=O) groups excluding carboxylic acids is 3. The van der Waals surface area contributed by atoms with E-state index in [0.717, 1.165) is 47.3 Å². The third-order valence-corrected chi connectivity index (χ3v) is 7.65. The first-order valence-electron chi connectivity index (χ1n) is 12.1. The van der Waals surface area contributed by atoms with Gasteiger partial charge >= 0.3 is 0 Å². The molecule has 1 aliphatic rings. The highest BCUT2D eigenvalue weighted by molar-refractivity contribution is 7.18. The van der Waals surface area contributed by atoms with Gasteiger partial charge in [0.1, 0.15) is 12.0 Å². The lowest BCUT2D eigenvalue weighted by Gasteiger charge is -2.32. The first kappa shape index (κ1) is 26.9. The van der Waals surface area contributed by atoms with Crippen LogP contribution in [0.25, 0.3) is 10.2 Å². The zero-order valence-corrected chi connectivity index (χ0v) is 21.7. The predicted molar refractivity (Wildman–Crippen MR) is 137 cm³/mol. The highest BCUT2D eigenvalue weighted by Crippen LogP contribution is 2.28. The molecule has 1 heterocycles. The number of amides is 3. The van der Waals surface area contributed by atoms with Crippen molar-refractivity contribution in [2.45, 2.75) is 70.9 Å². The maximum Gasteiger partial charge on any atom is 0.243 e. The molecule has 1 fully saturated rings. The molecule has 1 saturated carbocycles. The molecule has 8 nitrogen and oxygen atoms in total. The highest BCUT2D eigenvalue weighted by atomic mass is 35.5. The fourth-order valence-corrected chi connectivity index (χ4v) is 5.58. The van der Waals surface area contributed by atoms with Crippen molar-refractivity contribution in [2.75, 3.05) is 6.54 Å². The van der Waals surface area contributed by atoms with Gasteiger partial charge in [-0.05, 0) is 43.9 Å².